The van der Waals surface area contributed by atoms with E-state index in [1.807, 2.05) is 0 Å². The van der Waals surface area contributed by atoms with Crippen LogP contribution in [0.15, 0.2) is 17.0 Å². The molecular formula is C9H7Cl2FO2S. The van der Waals surface area contributed by atoms with E-state index in [-0.39, 0.29) is 20.7 Å². The van der Waals surface area contributed by atoms with Crippen LogP contribution in [0.2, 0.25) is 5.02 Å². The summed E-state index contributed by atoms with van der Waals surface area (Å²) in [4.78, 5) is 11.3. The minimum absolute atomic E-state index is 0.144. The van der Waals surface area contributed by atoms with Crippen molar-refractivity contribution in [3.8, 4) is 0 Å². The molecule has 0 radical (unpaired) electrons. The normalized spacial score (nSPS) is 10.1. The molecule has 0 heterocycles. The molecule has 15 heavy (non-hydrogen) atoms. The molecule has 1 rings (SSSR count). The molecule has 0 aliphatic carbocycles. The van der Waals surface area contributed by atoms with Crippen LogP contribution in [-0.2, 0) is 4.74 Å². The van der Waals surface area contributed by atoms with Gasteiger partial charge in [-0.1, -0.05) is 11.6 Å². The van der Waals surface area contributed by atoms with Gasteiger partial charge in [-0.2, -0.15) is 0 Å². The number of thioether (sulfide) groups is 1. The number of halogens is 3. The standard InChI is InChI=1S/C9H7Cl2FO2S/c1-14-9(13)5-2-3-6(11)8(7(5)12)15-4-10/h2-3H,4H2,1H3. The highest BCUT2D eigenvalue weighted by atomic mass is 35.5. The predicted octanol–water partition coefficient (Wildman–Crippen LogP) is 3.55. The van der Waals surface area contributed by atoms with Crippen LogP contribution in [0.25, 0.3) is 0 Å². The highest BCUT2D eigenvalue weighted by molar-refractivity contribution is 8.00. The molecule has 0 saturated carbocycles. The summed E-state index contributed by atoms with van der Waals surface area (Å²) in [5.74, 6) is -1.43. The molecule has 0 atom stereocenters. The summed E-state index contributed by atoms with van der Waals surface area (Å²) in [7, 11) is 1.19. The quantitative estimate of drug-likeness (QED) is 0.477. The first-order valence-electron chi connectivity index (χ1n) is 3.87. The summed E-state index contributed by atoms with van der Waals surface area (Å²) in [5.41, 5.74) is -0.144. The van der Waals surface area contributed by atoms with E-state index < -0.39 is 11.8 Å². The lowest BCUT2D eigenvalue weighted by atomic mass is 10.2. The summed E-state index contributed by atoms with van der Waals surface area (Å²) in [6.07, 6.45) is 0. The lowest BCUT2D eigenvalue weighted by Gasteiger charge is -2.07. The Morgan fingerprint density at radius 2 is 2.27 bits per heavy atom. The third-order valence-corrected chi connectivity index (χ3v) is 3.20. The molecule has 2 nitrogen and oxygen atoms in total. The molecule has 0 amide bonds. The smallest absolute Gasteiger partial charge is 0.340 e. The Balaban J connectivity index is 3.21. The van der Waals surface area contributed by atoms with Crippen LogP contribution in [0, 0.1) is 5.82 Å². The zero-order valence-electron chi connectivity index (χ0n) is 7.72. The van der Waals surface area contributed by atoms with E-state index in [1.165, 1.54) is 19.2 Å². The van der Waals surface area contributed by atoms with Crippen LogP contribution >= 0.6 is 35.0 Å². The number of hydrogen-bond acceptors (Lipinski definition) is 3. The summed E-state index contributed by atoms with van der Waals surface area (Å²) < 4.78 is 18.1. The Bertz CT molecular complexity index is 385. The highest BCUT2D eigenvalue weighted by Gasteiger charge is 2.18. The van der Waals surface area contributed by atoms with Crippen molar-refractivity contribution in [1.29, 1.82) is 0 Å². The van der Waals surface area contributed by atoms with Gasteiger partial charge in [0.2, 0.25) is 0 Å². The van der Waals surface area contributed by atoms with Crippen molar-refractivity contribution in [2.45, 2.75) is 4.90 Å². The van der Waals surface area contributed by atoms with Gasteiger partial charge in [-0.05, 0) is 12.1 Å². The maximum absolute atomic E-state index is 13.7. The highest BCUT2D eigenvalue weighted by Crippen LogP contribution is 2.32. The Labute approximate surface area is 101 Å². The lowest BCUT2D eigenvalue weighted by Crippen LogP contribution is -2.05. The van der Waals surface area contributed by atoms with Crippen molar-refractivity contribution in [2.24, 2.45) is 0 Å². The van der Waals surface area contributed by atoms with Gasteiger partial charge in [-0.3, -0.25) is 0 Å². The topological polar surface area (TPSA) is 26.3 Å². The molecule has 0 N–H and O–H groups in total. The first-order valence-corrected chi connectivity index (χ1v) is 5.76. The average Bonchev–Trinajstić information content (AvgIpc) is 2.23. The maximum atomic E-state index is 13.7. The third kappa shape index (κ3) is 2.77. The molecule has 0 saturated heterocycles. The average molecular weight is 269 g/mol. The van der Waals surface area contributed by atoms with Crippen LogP contribution in [-0.4, -0.2) is 18.3 Å². The fourth-order valence-electron chi connectivity index (χ4n) is 0.987. The molecule has 82 valence electrons. The van der Waals surface area contributed by atoms with E-state index in [9.17, 15) is 9.18 Å². The molecule has 0 unspecified atom stereocenters. The number of benzene rings is 1. The van der Waals surface area contributed by atoms with E-state index in [0.29, 0.717) is 0 Å². The van der Waals surface area contributed by atoms with Crippen LogP contribution in [0.5, 0.6) is 0 Å². The number of esters is 1. The van der Waals surface area contributed by atoms with Gasteiger partial charge in [0.05, 0.1) is 27.8 Å². The van der Waals surface area contributed by atoms with Crippen molar-refractivity contribution >= 4 is 40.9 Å². The van der Waals surface area contributed by atoms with E-state index in [4.69, 9.17) is 23.2 Å². The van der Waals surface area contributed by atoms with Gasteiger partial charge in [0.15, 0.2) is 5.82 Å². The number of carbonyl (C=O) groups is 1. The van der Waals surface area contributed by atoms with Crippen LogP contribution in [0.4, 0.5) is 4.39 Å². The van der Waals surface area contributed by atoms with E-state index in [1.54, 1.807) is 0 Å². The Kier molecular flexibility index (Phi) is 4.70. The van der Waals surface area contributed by atoms with E-state index in [2.05, 4.69) is 4.74 Å². The lowest BCUT2D eigenvalue weighted by molar-refractivity contribution is 0.0595. The van der Waals surface area contributed by atoms with Gasteiger partial charge in [-0.25, -0.2) is 9.18 Å². The van der Waals surface area contributed by atoms with Gasteiger partial charge < -0.3 is 4.74 Å². The van der Waals surface area contributed by atoms with Gasteiger partial charge in [0, 0.05) is 0 Å². The molecule has 1 aromatic rings. The second kappa shape index (κ2) is 5.58. The van der Waals surface area contributed by atoms with Crippen LogP contribution < -0.4 is 0 Å². The third-order valence-electron chi connectivity index (χ3n) is 1.65. The molecule has 0 fully saturated rings. The molecule has 0 aliphatic rings. The molecule has 0 spiro atoms. The molecule has 0 aromatic heterocycles. The molecule has 0 bridgehead atoms. The van der Waals surface area contributed by atoms with E-state index >= 15 is 0 Å². The summed E-state index contributed by atoms with van der Waals surface area (Å²) >= 11 is 12.2. The van der Waals surface area contributed by atoms with Crippen LogP contribution in [0.1, 0.15) is 10.4 Å². The maximum Gasteiger partial charge on any atom is 0.340 e. The van der Waals surface area contributed by atoms with Gasteiger partial charge in [0.1, 0.15) is 0 Å². The molecular weight excluding hydrogens is 262 g/mol. The number of rotatable bonds is 3. The number of hydrogen-bond donors (Lipinski definition) is 0. The Morgan fingerprint density at radius 3 is 2.80 bits per heavy atom. The minimum atomic E-state index is -0.736. The van der Waals surface area contributed by atoms with Crippen molar-refractivity contribution in [2.75, 3.05) is 12.3 Å². The van der Waals surface area contributed by atoms with Gasteiger partial charge in [0.25, 0.3) is 0 Å². The van der Waals surface area contributed by atoms with Crippen molar-refractivity contribution in [1.82, 2.24) is 0 Å². The summed E-state index contributed by atoms with van der Waals surface area (Å²) in [6.45, 7) is 0. The monoisotopic (exact) mass is 268 g/mol. The second-order valence-electron chi connectivity index (χ2n) is 2.48. The fourth-order valence-corrected chi connectivity index (χ4v) is 2.18. The molecule has 0 aliphatic heterocycles. The number of ether oxygens (including phenoxy) is 1. The van der Waals surface area contributed by atoms with Crippen molar-refractivity contribution < 1.29 is 13.9 Å². The molecule has 1 aromatic carbocycles. The fraction of sp³-hybridized carbons (Fsp3) is 0.222. The zero-order valence-corrected chi connectivity index (χ0v) is 10.0. The zero-order chi connectivity index (χ0) is 11.4. The molecule has 6 heteroatoms. The minimum Gasteiger partial charge on any atom is -0.465 e. The van der Waals surface area contributed by atoms with Gasteiger partial charge in [-0.15, -0.1) is 23.4 Å². The first kappa shape index (κ1) is 12.6. The van der Waals surface area contributed by atoms with Gasteiger partial charge >= 0.3 is 5.97 Å². The first-order chi connectivity index (χ1) is 7.11. The van der Waals surface area contributed by atoms with Crippen LogP contribution in [0.3, 0.4) is 0 Å². The number of alkyl halides is 1. The van der Waals surface area contributed by atoms with Crippen molar-refractivity contribution in [3.63, 3.8) is 0 Å². The summed E-state index contributed by atoms with van der Waals surface area (Å²) in [6, 6.07) is 2.72. The number of methoxy groups -OCH3 is 1. The van der Waals surface area contributed by atoms with E-state index in [0.717, 1.165) is 11.8 Å². The predicted molar refractivity (Wildman–Crippen MR) is 59.3 cm³/mol. The Morgan fingerprint density at radius 1 is 1.60 bits per heavy atom. The number of carbonyl (C=O) groups excluding carboxylic acids is 1. The second-order valence-corrected chi connectivity index (χ2v) is 4.46. The Hall–Kier alpha value is -0.450. The summed E-state index contributed by atoms with van der Waals surface area (Å²) in [5, 5.41) is 0.382. The largest absolute Gasteiger partial charge is 0.465 e. The van der Waals surface area contributed by atoms with Crippen molar-refractivity contribution in [3.05, 3.63) is 28.5 Å². The SMILES string of the molecule is COC(=O)c1ccc(Cl)c(SCCl)c1F.